The highest BCUT2D eigenvalue weighted by molar-refractivity contribution is 5.91. The number of hydrogen-bond acceptors (Lipinski definition) is 4. The van der Waals surface area contributed by atoms with Crippen molar-refractivity contribution in [3.63, 3.8) is 0 Å². The number of benzene rings is 2. The van der Waals surface area contributed by atoms with Crippen molar-refractivity contribution in [1.29, 1.82) is 0 Å². The molecule has 0 fully saturated rings. The Morgan fingerprint density at radius 2 is 1.83 bits per heavy atom. The maximum atomic E-state index is 12.6. The van der Waals surface area contributed by atoms with Crippen LogP contribution in [-0.4, -0.2) is 18.1 Å². The van der Waals surface area contributed by atoms with Crippen molar-refractivity contribution in [3.8, 4) is 11.5 Å². The van der Waals surface area contributed by atoms with E-state index in [0.717, 1.165) is 16.7 Å². The van der Waals surface area contributed by atoms with Gasteiger partial charge in [0.05, 0.1) is 24.6 Å². The summed E-state index contributed by atoms with van der Waals surface area (Å²) in [7, 11) is 1.60. The lowest BCUT2D eigenvalue weighted by Gasteiger charge is -2.25. The predicted octanol–water partition coefficient (Wildman–Crippen LogP) is 2.98. The second-order valence-corrected chi connectivity index (χ2v) is 5.75. The van der Waals surface area contributed by atoms with Crippen LogP contribution < -0.4 is 15.0 Å². The standard InChI is InChI=1S/C19H15NO4/c1-23-12-8-6-11(7-9-12)14-10-16(21)24-18-13-4-2-3-5-15(13)20-19(22)17(14)18/h2-9,14H,10H2,1H3,(H,20,22)/t14-/m0/s1. The van der Waals surface area contributed by atoms with E-state index in [1.54, 1.807) is 13.2 Å². The number of para-hydroxylation sites is 1. The molecule has 120 valence electrons. The van der Waals surface area contributed by atoms with E-state index in [-0.39, 0.29) is 23.9 Å². The molecule has 2 aromatic carbocycles. The van der Waals surface area contributed by atoms with Crippen LogP contribution >= 0.6 is 0 Å². The van der Waals surface area contributed by atoms with Gasteiger partial charge in [-0.05, 0) is 29.8 Å². The van der Waals surface area contributed by atoms with Crippen LogP contribution in [0.5, 0.6) is 11.5 Å². The van der Waals surface area contributed by atoms with Crippen molar-refractivity contribution >= 4 is 16.9 Å². The number of nitrogens with one attached hydrogen (secondary N) is 1. The van der Waals surface area contributed by atoms with Gasteiger partial charge in [0.25, 0.3) is 5.56 Å². The van der Waals surface area contributed by atoms with Crippen LogP contribution in [0.15, 0.2) is 53.3 Å². The van der Waals surface area contributed by atoms with E-state index < -0.39 is 0 Å². The van der Waals surface area contributed by atoms with E-state index in [2.05, 4.69) is 4.98 Å². The third kappa shape index (κ3) is 2.25. The number of carbonyl (C=O) groups is 1. The monoisotopic (exact) mass is 321 g/mol. The average Bonchev–Trinajstić information content (AvgIpc) is 2.61. The van der Waals surface area contributed by atoms with Gasteiger partial charge in [-0.1, -0.05) is 24.3 Å². The predicted molar refractivity (Wildman–Crippen MR) is 89.7 cm³/mol. The van der Waals surface area contributed by atoms with Crippen LogP contribution in [0.25, 0.3) is 10.9 Å². The van der Waals surface area contributed by atoms with Crippen molar-refractivity contribution in [2.75, 3.05) is 7.11 Å². The maximum Gasteiger partial charge on any atom is 0.312 e. The quantitative estimate of drug-likeness (QED) is 0.737. The zero-order valence-corrected chi connectivity index (χ0v) is 13.0. The van der Waals surface area contributed by atoms with Crippen LogP contribution in [0.3, 0.4) is 0 Å². The number of rotatable bonds is 2. The number of aromatic nitrogens is 1. The van der Waals surface area contributed by atoms with Gasteiger partial charge in [0.1, 0.15) is 11.5 Å². The summed E-state index contributed by atoms with van der Waals surface area (Å²) in [6.45, 7) is 0. The molecule has 24 heavy (non-hydrogen) atoms. The second-order valence-electron chi connectivity index (χ2n) is 5.75. The normalized spacial score (nSPS) is 16.5. The Labute approximate surface area is 137 Å². The first kappa shape index (κ1) is 14.5. The number of ether oxygens (including phenoxy) is 2. The lowest BCUT2D eigenvalue weighted by Crippen LogP contribution is -2.28. The van der Waals surface area contributed by atoms with Crippen LogP contribution in [-0.2, 0) is 4.79 Å². The van der Waals surface area contributed by atoms with Gasteiger partial charge >= 0.3 is 5.97 Å². The number of aromatic amines is 1. The topological polar surface area (TPSA) is 68.4 Å². The third-order valence-electron chi connectivity index (χ3n) is 4.36. The molecule has 1 aliphatic heterocycles. The average molecular weight is 321 g/mol. The minimum atomic E-state index is -0.334. The van der Waals surface area contributed by atoms with E-state index in [9.17, 15) is 9.59 Å². The molecular weight excluding hydrogens is 306 g/mol. The van der Waals surface area contributed by atoms with Crippen molar-refractivity contribution in [1.82, 2.24) is 4.98 Å². The van der Waals surface area contributed by atoms with Gasteiger partial charge in [-0.25, -0.2) is 0 Å². The lowest BCUT2D eigenvalue weighted by atomic mass is 9.86. The SMILES string of the molecule is COc1ccc([C@@H]2CC(=O)Oc3c2c(=O)[nH]c2ccccc32)cc1. The van der Waals surface area contributed by atoms with Crippen LogP contribution in [0.1, 0.15) is 23.5 Å². The van der Waals surface area contributed by atoms with Crippen LogP contribution in [0.2, 0.25) is 0 Å². The van der Waals surface area contributed by atoms with E-state index in [0.29, 0.717) is 16.8 Å². The number of H-pyrrole nitrogens is 1. The molecule has 0 aliphatic carbocycles. The third-order valence-corrected chi connectivity index (χ3v) is 4.36. The van der Waals surface area contributed by atoms with E-state index in [1.807, 2.05) is 42.5 Å². The number of esters is 1. The largest absolute Gasteiger partial charge is 0.497 e. The van der Waals surface area contributed by atoms with E-state index in [1.165, 1.54) is 0 Å². The van der Waals surface area contributed by atoms with Crippen LogP contribution in [0.4, 0.5) is 0 Å². The highest BCUT2D eigenvalue weighted by Gasteiger charge is 2.32. The summed E-state index contributed by atoms with van der Waals surface area (Å²) in [4.78, 5) is 27.6. The van der Waals surface area contributed by atoms with Crippen LogP contribution in [0, 0.1) is 0 Å². The molecule has 0 bridgehead atoms. The number of fused-ring (bicyclic) bond motifs is 3. The molecule has 1 N–H and O–H groups in total. The fourth-order valence-electron chi connectivity index (χ4n) is 3.20. The first-order chi connectivity index (χ1) is 11.7. The van der Waals surface area contributed by atoms with E-state index in [4.69, 9.17) is 9.47 Å². The minimum absolute atomic E-state index is 0.140. The highest BCUT2D eigenvalue weighted by atomic mass is 16.5. The molecule has 5 heteroatoms. The Balaban J connectivity index is 1.94. The molecule has 2 heterocycles. The molecule has 0 saturated heterocycles. The first-order valence-electron chi connectivity index (χ1n) is 7.67. The van der Waals surface area contributed by atoms with Crippen molar-refractivity contribution in [2.24, 2.45) is 0 Å². The van der Waals surface area contributed by atoms with Crippen molar-refractivity contribution < 1.29 is 14.3 Å². The van der Waals surface area contributed by atoms with Crippen molar-refractivity contribution in [2.45, 2.75) is 12.3 Å². The van der Waals surface area contributed by atoms with Crippen molar-refractivity contribution in [3.05, 3.63) is 70.0 Å². The summed E-state index contributed by atoms with van der Waals surface area (Å²) >= 11 is 0. The Bertz CT molecular complexity index is 988. The molecule has 1 aromatic heterocycles. The Kier molecular flexibility index (Phi) is 3.34. The zero-order chi connectivity index (χ0) is 16.7. The summed E-state index contributed by atoms with van der Waals surface area (Å²) < 4.78 is 10.6. The first-order valence-corrected chi connectivity index (χ1v) is 7.67. The summed E-state index contributed by atoms with van der Waals surface area (Å²) in [6.07, 6.45) is 0.140. The number of methoxy groups -OCH3 is 1. The summed E-state index contributed by atoms with van der Waals surface area (Å²) in [6, 6.07) is 14.7. The number of hydrogen-bond donors (Lipinski definition) is 1. The van der Waals surface area contributed by atoms with Gasteiger partial charge in [-0.3, -0.25) is 9.59 Å². The Morgan fingerprint density at radius 1 is 1.08 bits per heavy atom. The lowest BCUT2D eigenvalue weighted by molar-refractivity contribution is -0.135. The summed E-state index contributed by atoms with van der Waals surface area (Å²) in [5.74, 6) is 0.427. The molecular formula is C19H15NO4. The van der Waals surface area contributed by atoms with Gasteiger partial charge in [0.15, 0.2) is 0 Å². The number of pyridine rings is 1. The molecule has 5 nitrogen and oxygen atoms in total. The highest BCUT2D eigenvalue weighted by Crippen LogP contribution is 2.40. The molecule has 1 aliphatic rings. The molecule has 0 radical (unpaired) electrons. The minimum Gasteiger partial charge on any atom is -0.497 e. The molecule has 3 aromatic rings. The van der Waals surface area contributed by atoms with Gasteiger partial charge in [-0.2, -0.15) is 0 Å². The van der Waals surface area contributed by atoms with Gasteiger partial charge in [0.2, 0.25) is 0 Å². The smallest absolute Gasteiger partial charge is 0.312 e. The fourth-order valence-corrected chi connectivity index (χ4v) is 3.20. The Hall–Kier alpha value is -3.08. The molecule has 0 unspecified atom stereocenters. The maximum absolute atomic E-state index is 12.6. The summed E-state index contributed by atoms with van der Waals surface area (Å²) in [5, 5.41) is 0.735. The molecule has 1 atom stereocenters. The molecule has 0 amide bonds. The second kappa shape index (κ2) is 5.53. The van der Waals surface area contributed by atoms with Gasteiger partial charge in [-0.15, -0.1) is 0 Å². The van der Waals surface area contributed by atoms with Gasteiger partial charge < -0.3 is 14.5 Å². The summed E-state index contributed by atoms with van der Waals surface area (Å²) in [5.41, 5.74) is 1.81. The van der Waals surface area contributed by atoms with Gasteiger partial charge in [0, 0.05) is 11.3 Å². The molecule has 0 spiro atoms. The fraction of sp³-hybridized carbons (Fsp3) is 0.158. The zero-order valence-electron chi connectivity index (χ0n) is 13.0. The molecule has 4 rings (SSSR count). The number of carbonyl (C=O) groups excluding carboxylic acids is 1. The molecule has 0 saturated carbocycles. The Morgan fingerprint density at radius 3 is 2.58 bits per heavy atom. The van der Waals surface area contributed by atoms with E-state index >= 15 is 0 Å².